The molecule has 0 aromatic carbocycles. The third-order valence-corrected chi connectivity index (χ3v) is 3.28. The van der Waals surface area contributed by atoms with Crippen LogP contribution in [0.4, 0.5) is 8.78 Å². The average Bonchev–Trinajstić information content (AvgIpc) is 2.75. The standard InChI is InChI=1S/C12H19F2N3/c1-8(2)17-7-10(12(13)14)11(16-17)9-3-5-15-6-4-9/h7-9,12,15H,3-6H2,1-2H3. The molecule has 0 bridgehead atoms. The summed E-state index contributed by atoms with van der Waals surface area (Å²) in [6.45, 7) is 5.69. The van der Waals surface area contributed by atoms with E-state index in [4.69, 9.17) is 0 Å². The summed E-state index contributed by atoms with van der Waals surface area (Å²) in [7, 11) is 0. The Morgan fingerprint density at radius 3 is 2.53 bits per heavy atom. The summed E-state index contributed by atoms with van der Waals surface area (Å²) >= 11 is 0. The molecule has 0 aliphatic carbocycles. The van der Waals surface area contributed by atoms with Crippen LogP contribution in [0.3, 0.4) is 0 Å². The minimum atomic E-state index is -2.42. The van der Waals surface area contributed by atoms with Crippen LogP contribution in [0.1, 0.15) is 56.3 Å². The highest BCUT2D eigenvalue weighted by molar-refractivity contribution is 5.23. The first-order valence-corrected chi connectivity index (χ1v) is 6.17. The molecule has 5 heteroatoms. The van der Waals surface area contributed by atoms with E-state index in [0.717, 1.165) is 25.9 Å². The fourth-order valence-corrected chi connectivity index (χ4v) is 2.27. The lowest BCUT2D eigenvalue weighted by Gasteiger charge is -2.21. The molecule has 3 nitrogen and oxygen atoms in total. The second kappa shape index (κ2) is 5.12. The fourth-order valence-electron chi connectivity index (χ4n) is 2.27. The van der Waals surface area contributed by atoms with Crippen molar-refractivity contribution < 1.29 is 8.78 Å². The zero-order valence-corrected chi connectivity index (χ0v) is 10.3. The van der Waals surface area contributed by atoms with Gasteiger partial charge in [-0.2, -0.15) is 5.10 Å². The van der Waals surface area contributed by atoms with E-state index in [1.54, 1.807) is 4.68 Å². The van der Waals surface area contributed by atoms with Crippen molar-refractivity contribution in [2.75, 3.05) is 13.1 Å². The topological polar surface area (TPSA) is 29.9 Å². The fraction of sp³-hybridized carbons (Fsp3) is 0.750. The van der Waals surface area contributed by atoms with Gasteiger partial charge in [0.15, 0.2) is 0 Å². The Labute approximate surface area is 100 Å². The minimum Gasteiger partial charge on any atom is -0.317 e. The lowest BCUT2D eigenvalue weighted by molar-refractivity contribution is 0.149. The monoisotopic (exact) mass is 243 g/mol. The van der Waals surface area contributed by atoms with Crippen molar-refractivity contribution in [3.63, 3.8) is 0 Å². The van der Waals surface area contributed by atoms with Gasteiger partial charge in [0.25, 0.3) is 6.43 Å². The van der Waals surface area contributed by atoms with E-state index < -0.39 is 6.43 Å². The van der Waals surface area contributed by atoms with E-state index in [0.29, 0.717) is 5.69 Å². The molecule has 2 rings (SSSR count). The van der Waals surface area contributed by atoms with Gasteiger partial charge in [-0.25, -0.2) is 8.78 Å². The number of piperidine rings is 1. The Morgan fingerprint density at radius 1 is 1.35 bits per heavy atom. The first-order chi connectivity index (χ1) is 8.09. The summed E-state index contributed by atoms with van der Waals surface area (Å²) in [5.74, 6) is 0.181. The predicted octanol–water partition coefficient (Wildman–Crippen LogP) is 2.87. The summed E-state index contributed by atoms with van der Waals surface area (Å²) < 4.78 is 27.6. The highest BCUT2D eigenvalue weighted by Gasteiger charge is 2.26. The Bertz CT molecular complexity index is 368. The Balaban J connectivity index is 2.29. The number of nitrogens with zero attached hydrogens (tertiary/aromatic N) is 2. The van der Waals surface area contributed by atoms with Gasteiger partial charge in [0, 0.05) is 18.2 Å². The summed E-state index contributed by atoms with van der Waals surface area (Å²) in [6, 6.07) is 0.128. The van der Waals surface area contributed by atoms with Crippen LogP contribution in [0, 0.1) is 0 Å². The number of rotatable bonds is 3. The lowest BCUT2D eigenvalue weighted by Crippen LogP contribution is -2.27. The molecule has 0 atom stereocenters. The molecule has 0 radical (unpaired) electrons. The van der Waals surface area contributed by atoms with Crippen LogP contribution in [0.25, 0.3) is 0 Å². The number of alkyl halides is 2. The maximum absolute atomic E-state index is 13.0. The van der Waals surface area contributed by atoms with Crippen molar-refractivity contribution in [3.8, 4) is 0 Å². The zero-order valence-electron chi connectivity index (χ0n) is 10.3. The van der Waals surface area contributed by atoms with Gasteiger partial charge in [-0.15, -0.1) is 0 Å². The van der Waals surface area contributed by atoms with Gasteiger partial charge < -0.3 is 5.32 Å². The van der Waals surface area contributed by atoms with E-state index in [1.807, 2.05) is 13.8 Å². The van der Waals surface area contributed by atoms with Gasteiger partial charge in [-0.1, -0.05) is 0 Å². The van der Waals surface area contributed by atoms with Crippen molar-refractivity contribution in [2.45, 2.75) is 45.1 Å². The van der Waals surface area contributed by atoms with E-state index >= 15 is 0 Å². The van der Waals surface area contributed by atoms with Crippen LogP contribution in [0.15, 0.2) is 6.20 Å². The van der Waals surface area contributed by atoms with Crippen LogP contribution in [-0.4, -0.2) is 22.9 Å². The highest BCUT2D eigenvalue weighted by atomic mass is 19.3. The maximum Gasteiger partial charge on any atom is 0.267 e. The quantitative estimate of drug-likeness (QED) is 0.884. The number of hydrogen-bond acceptors (Lipinski definition) is 2. The molecule has 0 spiro atoms. The van der Waals surface area contributed by atoms with Crippen molar-refractivity contribution in [2.24, 2.45) is 0 Å². The molecule has 2 heterocycles. The number of nitrogens with one attached hydrogen (secondary N) is 1. The smallest absolute Gasteiger partial charge is 0.267 e. The number of halogens is 2. The van der Waals surface area contributed by atoms with E-state index in [1.165, 1.54) is 6.20 Å². The molecule has 1 aliphatic rings. The first-order valence-electron chi connectivity index (χ1n) is 6.17. The van der Waals surface area contributed by atoms with Gasteiger partial charge in [-0.05, 0) is 39.8 Å². The van der Waals surface area contributed by atoms with E-state index in [-0.39, 0.29) is 17.5 Å². The molecule has 17 heavy (non-hydrogen) atoms. The first kappa shape index (κ1) is 12.5. The molecular weight excluding hydrogens is 224 g/mol. The van der Waals surface area contributed by atoms with Crippen LogP contribution >= 0.6 is 0 Å². The SMILES string of the molecule is CC(C)n1cc(C(F)F)c(C2CCNCC2)n1. The largest absolute Gasteiger partial charge is 0.317 e. The molecule has 0 saturated carbocycles. The Hall–Kier alpha value is -0.970. The van der Waals surface area contributed by atoms with Crippen LogP contribution in [-0.2, 0) is 0 Å². The molecule has 1 saturated heterocycles. The van der Waals surface area contributed by atoms with E-state index in [9.17, 15) is 8.78 Å². The summed E-state index contributed by atoms with van der Waals surface area (Å²) in [6.07, 6.45) is 0.878. The third-order valence-electron chi connectivity index (χ3n) is 3.28. The maximum atomic E-state index is 13.0. The summed E-state index contributed by atoms with van der Waals surface area (Å²) in [5.41, 5.74) is 0.723. The van der Waals surface area contributed by atoms with Gasteiger partial charge in [0.2, 0.25) is 0 Å². The Morgan fingerprint density at radius 2 is 2.00 bits per heavy atom. The zero-order chi connectivity index (χ0) is 12.4. The van der Waals surface area contributed by atoms with Crippen molar-refractivity contribution in [1.82, 2.24) is 15.1 Å². The minimum absolute atomic E-state index is 0.116. The molecule has 1 aromatic rings. The van der Waals surface area contributed by atoms with Gasteiger partial charge in [0.1, 0.15) is 0 Å². The summed E-state index contributed by atoms with van der Waals surface area (Å²) in [5, 5.41) is 7.60. The molecule has 0 amide bonds. The van der Waals surface area contributed by atoms with Crippen LogP contribution in [0.2, 0.25) is 0 Å². The lowest BCUT2D eigenvalue weighted by atomic mass is 9.92. The number of hydrogen-bond donors (Lipinski definition) is 1. The summed E-state index contributed by atoms with van der Waals surface area (Å²) in [4.78, 5) is 0. The average molecular weight is 243 g/mol. The Kier molecular flexibility index (Phi) is 3.76. The normalized spacial score (nSPS) is 18.2. The molecule has 1 fully saturated rings. The van der Waals surface area contributed by atoms with Crippen molar-refractivity contribution in [3.05, 3.63) is 17.5 Å². The van der Waals surface area contributed by atoms with E-state index in [2.05, 4.69) is 10.4 Å². The third kappa shape index (κ3) is 2.65. The predicted molar refractivity (Wildman–Crippen MR) is 62.4 cm³/mol. The van der Waals surface area contributed by atoms with Gasteiger partial charge in [-0.3, -0.25) is 4.68 Å². The van der Waals surface area contributed by atoms with Crippen LogP contribution < -0.4 is 5.32 Å². The molecule has 1 N–H and O–H groups in total. The van der Waals surface area contributed by atoms with Crippen LogP contribution in [0.5, 0.6) is 0 Å². The molecule has 1 aliphatic heterocycles. The molecular formula is C12H19F2N3. The molecule has 96 valence electrons. The van der Waals surface area contributed by atoms with Crippen molar-refractivity contribution in [1.29, 1.82) is 0 Å². The van der Waals surface area contributed by atoms with Gasteiger partial charge >= 0.3 is 0 Å². The van der Waals surface area contributed by atoms with Crippen molar-refractivity contribution >= 4 is 0 Å². The second-order valence-corrected chi connectivity index (χ2v) is 4.87. The number of aromatic nitrogens is 2. The molecule has 0 unspecified atom stereocenters. The van der Waals surface area contributed by atoms with Gasteiger partial charge in [0.05, 0.1) is 11.3 Å². The highest BCUT2D eigenvalue weighted by Crippen LogP contribution is 2.32. The second-order valence-electron chi connectivity index (χ2n) is 4.87. The molecule has 1 aromatic heterocycles.